The molecule has 21 heavy (non-hydrogen) atoms. The zero-order valence-electron chi connectivity index (χ0n) is 11.2. The minimum absolute atomic E-state index is 0.173. The predicted molar refractivity (Wildman–Crippen MR) is 76.9 cm³/mol. The van der Waals surface area contributed by atoms with Gasteiger partial charge in [-0.3, -0.25) is 0 Å². The van der Waals surface area contributed by atoms with Gasteiger partial charge in [-0.15, -0.1) is 0 Å². The Morgan fingerprint density at radius 3 is 2.62 bits per heavy atom. The normalized spacial score (nSPS) is 13.4. The van der Waals surface area contributed by atoms with Crippen LogP contribution in [0.25, 0.3) is 0 Å². The molecule has 1 aliphatic heterocycles. The first-order valence-corrected chi connectivity index (χ1v) is 6.60. The highest BCUT2D eigenvalue weighted by molar-refractivity contribution is 5.66. The highest BCUT2D eigenvalue weighted by Crippen LogP contribution is 2.24. The average molecular weight is 288 g/mol. The van der Waals surface area contributed by atoms with Gasteiger partial charge in [-0.1, -0.05) is 30.3 Å². The summed E-state index contributed by atoms with van der Waals surface area (Å²) < 4.78 is 28.5. The molecule has 108 valence electrons. The number of halogens is 2. The van der Waals surface area contributed by atoms with Gasteiger partial charge in [0.15, 0.2) is 0 Å². The number of para-hydroxylation sites is 1. The van der Waals surface area contributed by atoms with Crippen molar-refractivity contribution in [3.8, 4) is 5.75 Å². The van der Waals surface area contributed by atoms with Crippen molar-refractivity contribution in [3.63, 3.8) is 0 Å². The number of hydrogen-bond donors (Lipinski definition) is 0. The van der Waals surface area contributed by atoms with Crippen LogP contribution in [0.15, 0.2) is 53.5 Å². The standard InChI is InChI=1S/C16H14F2N2O/c17-16(18)21-14-7-5-12(6-8-14)9-20-10-13-3-1-2-4-15(13)19-11-20/h1-8,11,16H,9-10H2. The van der Waals surface area contributed by atoms with Crippen molar-refractivity contribution in [2.75, 3.05) is 0 Å². The van der Waals surface area contributed by atoms with Crippen LogP contribution in [0.5, 0.6) is 5.75 Å². The summed E-state index contributed by atoms with van der Waals surface area (Å²) in [5.74, 6) is 0.173. The van der Waals surface area contributed by atoms with Gasteiger partial charge in [0, 0.05) is 13.1 Å². The molecule has 0 aromatic heterocycles. The quantitative estimate of drug-likeness (QED) is 0.850. The van der Waals surface area contributed by atoms with Crippen molar-refractivity contribution in [3.05, 3.63) is 59.7 Å². The van der Waals surface area contributed by atoms with Crippen LogP contribution in [0.4, 0.5) is 14.5 Å². The van der Waals surface area contributed by atoms with Crippen molar-refractivity contribution in [2.45, 2.75) is 19.7 Å². The van der Waals surface area contributed by atoms with E-state index in [4.69, 9.17) is 0 Å². The Bertz CT molecular complexity index is 641. The molecule has 3 rings (SSSR count). The van der Waals surface area contributed by atoms with Crippen molar-refractivity contribution >= 4 is 12.0 Å². The lowest BCUT2D eigenvalue weighted by molar-refractivity contribution is -0.0498. The topological polar surface area (TPSA) is 24.8 Å². The Balaban J connectivity index is 1.65. The van der Waals surface area contributed by atoms with E-state index in [9.17, 15) is 8.78 Å². The number of alkyl halides is 2. The number of benzene rings is 2. The molecule has 0 atom stereocenters. The first-order chi connectivity index (χ1) is 10.2. The van der Waals surface area contributed by atoms with E-state index in [0.717, 1.165) is 17.8 Å². The third-order valence-corrected chi connectivity index (χ3v) is 3.26. The molecule has 0 saturated heterocycles. The van der Waals surface area contributed by atoms with Gasteiger partial charge in [-0.25, -0.2) is 4.99 Å². The van der Waals surface area contributed by atoms with Crippen LogP contribution in [0.2, 0.25) is 0 Å². The second-order valence-corrected chi connectivity index (χ2v) is 4.80. The van der Waals surface area contributed by atoms with E-state index in [2.05, 4.69) is 20.7 Å². The monoisotopic (exact) mass is 288 g/mol. The maximum Gasteiger partial charge on any atom is 0.387 e. The van der Waals surface area contributed by atoms with Crippen molar-refractivity contribution in [1.82, 2.24) is 4.90 Å². The SMILES string of the molecule is FC(F)Oc1ccc(CN2C=Nc3ccccc3C2)cc1. The Morgan fingerprint density at radius 1 is 1.10 bits per heavy atom. The fourth-order valence-corrected chi connectivity index (χ4v) is 2.28. The molecule has 0 unspecified atom stereocenters. The Hall–Kier alpha value is -2.43. The van der Waals surface area contributed by atoms with Gasteiger partial charge in [0.1, 0.15) is 5.75 Å². The van der Waals surface area contributed by atoms with E-state index in [1.165, 1.54) is 5.56 Å². The van der Waals surface area contributed by atoms with E-state index >= 15 is 0 Å². The molecule has 0 spiro atoms. The van der Waals surface area contributed by atoms with Crippen LogP contribution in [-0.2, 0) is 13.1 Å². The molecule has 0 amide bonds. The highest BCUT2D eigenvalue weighted by Gasteiger charge is 2.11. The summed E-state index contributed by atoms with van der Waals surface area (Å²) in [5, 5.41) is 0. The number of aliphatic imine (C=N–C) groups is 1. The number of nitrogens with zero attached hydrogens (tertiary/aromatic N) is 2. The number of ether oxygens (including phenoxy) is 1. The number of fused-ring (bicyclic) bond motifs is 1. The van der Waals surface area contributed by atoms with E-state index < -0.39 is 6.61 Å². The molecule has 0 radical (unpaired) electrons. The largest absolute Gasteiger partial charge is 0.435 e. The lowest BCUT2D eigenvalue weighted by Crippen LogP contribution is -2.23. The molecule has 0 bridgehead atoms. The molecule has 0 aliphatic carbocycles. The molecule has 2 aromatic rings. The first kappa shape index (κ1) is 13.5. The molecule has 3 nitrogen and oxygen atoms in total. The van der Waals surface area contributed by atoms with Gasteiger partial charge >= 0.3 is 6.61 Å². The minimum atomic E-state index is -2.79. The molecule has 5 heteroatoms. The number of rotatable bonds is 4. The maximum absolute atomic E-state index is 12.1. The Morgan fingerprint density at radius 2 is 1.86 bits per heavy atom. The lowest BCUT2D eigenvalue weighted by Gasteiger charge is -2.24. The fourth-order valence-electron chi connectivity index (χ4n) is 2.28. The van der Waals surface area contributed by atoms with Gasteiger partial charge in [0.05, 0.1) is 12.0 Å². The van der Waals surface area contributed by atoms with Crippen LogP contribution in [0.1, 0.15) is 11.1 Å². The molecular weight excluding hydrogens is 274 g/mol. The van der Waals surface area contributed by atoms with E-state index in [-0.39, 0.29) is 5.75 Å². The molecule has 2 aromatic carbocycles. The predicted octanol–water partition coefficient (Wildman–Crippen LogP) is 3.96. The van der Waals surface area contributed by atoms with Crippen molar-refractivity contribution in [1.29, 1.82) is 0 Å². The summed E-state index contributed by atoms with van der Waals surface area (Å²) in [7, 11) is 0. The average Bonchev–Trinajstić information content (AvgIpc) is 2.49. The smallest absolute Gasteiger partial charge is 0.387 e. The zero-order valence-corrected chi connectivity index (χ0v) is 11.2. The summed E-state index contributed by atoms with van der Waals surface area (Å²) in [5.41, 5.74) is 3.19. The van der Waals surface area contributed by atoms with Crippen molar-refractivity contribution < 1.29 is 13.5 Å². The molecule has 1 heterocycles. The van der Waals surface area contributed by atoms with Crippen LogP contribution >= 0.6 is 0 Å². The first-order valence-electron chi connectivity index (χ1n) is 6.60. The van der Waals surface area contributed by atoms with Crippen LogP contribution in [0.3, 0.4) is 0 Å². The Labute approximate surface area is 121 Å². The third kappa shape index (κ3) is 3.37. The number of hydrogen-bond acceptors (Lipinski definition) is 3. The Kier molecular flexibility index (Phi) is 3.81. The zero-order chi connectivity index (χ0) is 14.7. The second-order valence-electron chi connectivity index (χ2n) is 4.80. The van der Waals surface area contributed by atoms with E-state index in [1.54, 1.807) is 24.3 Å². The second kappa shape index (κ2) is 5.91. The van der Waals surface area contributed by atoms with Crippen LogP contribution < -0.4 is 4.74 Å². The summed E-state index contributed by atoms with van der Waals surface area (Å²) in [6, 6.07) is 14.7. The maximum atomic E-state index is 12.1. The van der Waals surface area contributed by atoms with E-state index in [0.29, 0.717) is 6.54 Å². The van der Waals surface area contributed by atoms with Gasteiger partial charge in [0.25, 0.3) is 0 Å². The third-order valence-electron chi connectivity index (χ3n) is 3.26. The summed E-state index contributed by atoms with van der Waals surface area (Å²) >= 11 is 0. The van der Waals surface area contributed by atoms with Gasteiger partial charge < -0.3 is 9.64 Å². The van der Waals surface area contributed by atoms with Gasteiger partial charge in [-0.05, 0) is 29.3 Å². The molecule has 1 aliphatic rings. The lowest BCUT2D eigenvalue weighted by atomic mass is 10.1. The molecule has 0 fully saturated rings. The van der Waals surface area contributed by atoms with Gasteiger partial charge in [-0.2, -0.15) is 8.78 Å². The molecule has 0 N–H and O–H groups in total. The fraction of sp³-hybridized carbons (Fsp3) is 0.188. The summed E-state index contributed by atoms with van der Waals surface area (Å²) in [6.07, 6.45) is 1.81. The highest BCUT2D eigenvalue weighted by atomic mass is 19.3. The minimum Gasteiger partial charge on any atom is -0.435 e. The van der Waals surface area contributed by atoms with Crippen LogP contribution in [0, 0.1) is 0 Å². The summed E-state index contributed by atoms with van der Waals surface area (Å²) in [6.45, 7) is -1.33. The van der Waals surface area contributed by atoms with Crippen LogP contribution in [-0.4, -0.2) is 17.8 Å². The molecular formula is C16H14F2N2O. The summed E-state index contributed by atoms with van der Waals surface area (Å²) in [4.78, 5) is 6.48. The van der Waals surface area contributed by atoms with Crippen molar-refractivity contribution in [2.24, 2.45) is 4.99 Å². The molecule has 0 saturated carbocycles. The van der Waals surface area contributed by atoms with E-state index in [1.807, 2.05) is 24.5 Å². The van der Waals surface area contributed by atoms with Gasteiger partial charge in [0.2, 0.25) is 0 Å².